The average molecular weight is 222 g/mol. The molecule has 0 amide bonds. The molecule has 1 saturated heterocycles. The third-order valence-electron chi connectivity index (χ3n) is 2.50. The monoisotopic (exact) mass is 221 g/mol. The molecule has 0 aromatic heterocycles. The van der Waals surface area contributed by atoms with Gasteiger partial charge in [-0.2, -0.15) is 0 Å². The van der Waals surface area contributed by atoms with Gasteiger partial charge in [-0.3, -0.25) is 5.41 Å². The maximum Gasteiger partial charge on any atom is 0.193 e. The van der Waals surface area contributed by atoms with Gasteiger partial charge in [0.2, 0.25) is 0 Å². The number of halogens is 1. The zero-order valence-electron chi connectivity index (χ0n) is 9.12. The predicted octanol–water partition coefficient (Wildman–Crippen LogP) is 1.02. The molecule has 0 bridgehead atoms. The van der Waals surface area contributed by atoms with Gasteiger partial charge in [0, 0.05) is 34.3 Å². The van der Waals surface area contributed by atoms with Crippen LogP contribution in [0.25, 0.3) is 0 Å². The highest BCUT2D eigenvalue weighted by Gasteiger charge is 2.20. The number of nitrogens with zero attached hydrogens (tertiary/aromatic N) is 2. The molecule has 14 heavy (non-hydrogen) atoms. The third-order valence-corrected chi connectivity index (χ3v) is 2.50. The van der Waals surface area contributed by atoms with Crippen molar-refractivity contribution in [1.82, 2.24) is 9.80 Å². The summed E-state index contributed by atoms with van der Waals surface area (Å²) in [7, 11) is 5.58. The van der Waals surface area contributed by atoms with Crippen LogP contribution >= 0.6 is 12.4 Å². The number of hydrogen-bond donors (Lipinski definition) is 1. The van der Waals surface area contributed by atoms with Gasteiger partial charge in [-0.25, -0.2) is 0 Å². The van der Waals surface area contributed by atoms with Crippen LogP contribution in [0.15, 0.2) is 0 Å². The van der Waals surface area contributed by atoms with E-state index in [1.54, 1.807) is 7.11 Å². The maximum absolute atomic E-state index is 7.77. The summed E-state index contributed by atoms with van der Waals surface area (Å²) in [5.74, 6) is 0.606. The molecule has 1 aliphatic rings. The number of hydrogen-bond acceptors (Lipinski definition) is 2. The molecule has 1 fully saturated rings. The predicted molar refractivity (Wildman–Crippen MR) is 60.3 cm³/mol. The first-order valence-corrected chi connectivity index (χ1v) is 4.68. The molecular formula is C9H20ClN3O. The van der Waals surface area contributed by atoms with Crippen LogP contribution in [0, 0.1) is 5.41 Å². The van der Waals surface area contributed by atoms with Crippen molar-refractivity contribution in [3.05, 3.63) is 0 Å². The van der Waals surface area contributed by atoms with Crippen LogP contribution in [-0.2, 0) is 4.74 Å². The zero-order valence-corrected chi connectivity index (χ0v) is 9.93. The fourth-order valence-electron chi connectivity index (χ4n) is 1.59. The van der Waals surface area contributed by atoms with E-state index < -0.39 is 0 Å². The molecule has 1 heterocycles. The Labute approximate surface area is 92.1 Å². The van der Waals surface area contributed by atoms with E-state index in [0.29, 0.717) is 12.1 Å². The largest absolute Gasteiger partial charge is 0.381 e. The maximum atomic E-state index is 7.77. The smallest absolute Gasteiger partial charge is 0.193 e. The molecule has 1 N–H and O–H groups in total. The lowest BCUT2D eigenvalue weighted by molar-refractivity contribution is 0.0555. The molecule has 0 spiro atoms. The highest BCUT2D eigenvalue weighted by molar-refractivity contribution is 5.85. The number of guanidine groups is 1. The lowest BCUT2D eigenvalue weighted by Crippen LogP contribution is -2.45. The van der Waals surface area contributed by atoms with E-state index in [-0.39, 0.29) is 12.4 Å². The van der Waals surface area contributed by atoms with Crippen molar-refractivity contribution in [3.8, 4) is 0 Å². The number of piperidine rings is 1. The van der Waals surface area contributed by atoms with Gasteiger partial charge in [-0.1, -0.05) is 0 Å². The summed E-state index contributed by atoms with van der Waals surface area (Å²) >= 11 is 0. The van der Waals surface area contributed by atoms with Crippen molar-refractivity contribution in [3.63, 3.8) is 0 Å². The first kappa shape index (κ1) is 13.5. The topological polar surface area (TPSA) is 39.6 Å². The van der Waals surface area contributed by atoms with Crippen LogP contribution in [-0.4, -0.2) is 56.2 Å². The van der Waals surface area contributed by atoms with Gasteiger partial charge in [-0.15, -0.1) is 12.4 Å². The molecule has 0 radical (unpaired) electrons. The number of ether oxygens (including phenoxy) is 1. The van der Waals surface area contributed by atoms with Gasteiger partial charge >= 0.3 is 0 Å². The number of methoxy groups -OCH3 is 1. The Morgan fingerprint density at radius 2 is 1.86 bits per heavy atom. The molecule has 0 atom stereocenters. The molecule has 5 heteroatoms. The molecular weight excluding hydrogens is 202 g/mol. The van der Waals surface area contributed by atoms with Gasteiger partial charge in [0.15, 0.2) is 5.96 Å². The molecule has 0 saturated carbocycles. The van der Waals surface area contributed by atoms with Gasteiger partial charge in [0.1, 0.15) is 0 Å². The fraction of sp³-hybridized carbons (Fsp3) is 0.889. The Hall–Kier alpha value is -0.480. The van der Waals surface area contributed by atoms with E-state index in [4.69, 9.17) is 10.1 Å². The van der Waals surface area contributed by atoms with Crippen LogP contribution < -0.4 is 0 Å². The fourth-order valence-corrected chi connectivity index (χ4v) is 1.59. The van der Waals surface area contributed by atoms with E-state index in [2.05, 4.69) is 4.90 Å². The van der Waals surface area contributed by atoms with Crippen LogP contribution in [0.4, 0.5) is 0 Å². The standard InChI is InChI=1S/C9H19N3O.ClH/c1-11(2)9(10)12-6-4-8(13-3)5-7-12;/h8,10H,4-7H2,1-3H3;1H. The lowest BCUT2D eigenvalue weighted by atomic mass is 10.1. The Morgan fingerprint density at radius 3 is 2.21 bits per heavy atom. The van der Waals surface area contributed by atoms with Crippen molar-refractivity contribution in [1.29, 1.82) is 5.41 Å². The van der Waals surface area contributed by atoms with Crippen LogP contribution in [0.5, 0.6) is 0 Å². The Kier molecular flexibility index (Phi) is 5.88. The molecule has 1 aliphatic heterocycles. The van der Waals surface area contributed by atoms with Crippen molar-refractivity contribution >= 4 is 18.4 Å². The minimum absolute atomic E-state index is 0. The molecule has 0 aromatic rings. The van der Waals surface area contributed by atoms with Gasteiger partial charge < -0.3 is 14.5 Å². The van der Waals surface area contributed by atoms with Crippen molar-refractivity contribution < 1.29 is 4.74 Å². The van der Waals surface area contributed by atoms with Gasteiger partial charge in [0.05, 0.1) is 6.10 Å². The number of nitrogens with one attached hydrogen (secondary N) is 1. The van der Waals surface area contributed by atoms with E-state index in [0.717, 1.165) is 25.9 Å². The molecule has 1 rings (SSSR count). The highest BCUT2D eigenvalue weighted by Crippen LogP contribution is 2.13. The molecule has 84 valence electrons. The minimum Gasteiger partial charge on any atom is -0.381 e. The van der Waals surface area contributed by atoms with Crippen molar-refractivity contribution in [2.45, 2.75) is 18.9 Å². The second-order valence-corrected chi connectivity index (χ2v) is 3.64. The SMILES string of the molecule is COC1CCN(C(=N)N(C)C)CC1.Cl. The summed E-state index contributed by atoms with van der Waals surface area (Å²) in [5, 5.41) is 7.77. The second-order valence-electron chi connectivity index (χ2n) is 3.64. The van der Waals surface area contributed by atoms with E-state index in [1.807, 2.05) is 19.0 Å². The van der Waals surface area contributed by atoms with Crippen LogP contribution in [0.1, 0.15) is 12.8 Å². The Morgan fingerprint density at radius 1 is 1.36 bits per heavy atom. The average Bonchev–Trinajstić information content (AvgIpc) is 2.17. The summed E-state index contributed by atoms with van der Waals surface area (Å²) < 4.78 is 5.27. The zero-order chi connectivity index (χ0) is 9.84. The van der Waals surface area contributed by atoms with Gasteiger partial charge in [-0.05, 0) is 12.8 Å². The second kappa shape index (κ2) is 6.09. The van der Waals surface area contributed by atoms with Crippen molar-refractivity contribution in [2.24, 2.45) is 0 Å². The summed E-state index contributed by atoms with van der Waals surface area (Å²) in [6.07, 6.45) is 2.46. The van der Waals surface area contributed by atoms with E-state index in [1.165, 1.54) is 0 Å². The van der Waals surface area contributed by atoms with Gasteiger partial charge in [0.25, 0.3) is 0 Å². The summed E-state index contributed by atoms with van der Waals surface area (Å²) in [6.45, 7) is 1.88. The molecule has 0 aromatic carbocycles. The highest BCUT2D eigenvalue weighted by atomic mass is 35.5. The first-order valence-electron chi connectivity index (χ1n) is 4.68. The van der Waals surface area contributed by atoms with E-state index in [9.17, 15) is 0 Å². The molecule has 4 nitrogen and oxygen atoms in total. The van der Waals surface area contributed by atoms with E-state index >= 15 is 0 Å². The Balaban J connectivity index is 0.00000169. The number of rotatable bonds is 1. The lowest BCUT2D eigenvalue weighted by Gasteiger charge is -2.34. The molecule has 0 unspecified atom stereocenters. The molecule has 0 aliphatic carbocycles. The minimum atomic E-state index is 0. The normalized spacial score (nSPS) is 17.5. The third kappa shape index (κ3) is 3.35. The summed E-state index contributed by atoms with van der Waals surface area (Å²) in [4.78, 5) is 3.93. The summed E-state index contributed by atoms with van der Waals surface area (Å²) in [5.41, 5.74) is 0. The number of likely N-dealkylation sites (tertiary alicyclic amines) is 1. The quantitative estimate of drug-likeness (QED) is 0.531. The Bertz CT molecular complexity index is 179. The van der Waals surface area contributed by atoms with Crippen LogP contribution in [0.3, 0.4) is 0 Å². The summed E-state index contributed by atoms with van der Waals surface area (Å²) in [6, 6.07) is 0. The van der Waals surface area contributed by atoms with Crippen molar-refractivity contribution in [2.75, 3.05) is 34.3 Å². The first-order chi connectivity index (χ1) is 6.15. The van der Waals surface area contributed by atoms with Crippen LogP contribution in [0.2, 0.25) is 0 Å².